The van der Waals surface area contributed by atoms with Crippen molar-refractivity contribution in [3.63, 3.8) is 0 Å². The number of nitrogens with one attached hydrogen (secondary N) is 1. The number of nitrogens with zero attached hydrogens (tertiary/aromatic N) is 1. The van der Waals surface area contributed by atoms with E-state index >= 15 is 0 Å². The molecule has 1 aliphatic carbocycles. The summed E-state index contributed by atoms with van der Waals surface area (Å²) in [7, 11) is 2.32. The van der Waals surface area contributed by atoms with Crippen LogP contribution >= 0.6 is 0 Å². The van der Waals surface area contributed by atoms with Gasteiger partial charge in [0.2, 0.25) is 0 Å². The van der Waals surface area contributed by atoms with Gasteiger partial charge in [0.1, 0.15) is 0 Å². The van der Waals surface area contributed by atoms with Crippen LogP contribution in [0.4, 0.5) is 0 Å². The number of rotatable bonds is 6. The van der Waals surface area contributed by atoms with Gasteiger partial charge in [-0.1, -0.05) is 20.8 Å². The normalized spacial score (nSPS) is 31.8. The predicted octanol–water partition coefficient (Wildman–Crippen LogP) is 3.27. The van der Waals surface area contributed by atoms with Crippen molar-refractivity contribution in [2.24, 2.45) is 5.92 Å². The van der Waals surface area contributed by atoms with Gasteiger partial charge in [-0.05, 0) is 58.5 Å². The summed E-state index contributed by atoms with van der Waals surface area (Å²) in [5, 5.41) is 3.76. The Morgan fingerprint density at radius 3 is 2.59 bits per heavy atom. The van der Waals surface area contributed by atoms with Crippen LogP contribution in [0.2, 0.25) is 0 Å². The van der Waals surface area contributed by atoms with Crippen LogP contribution in [0.1, 0.15) is 59.8 Å². The quantitative estimate of drug-likeness (QED) is 0.766. The average Bonchev–Trinajstić information content (AvgIpc) is 2.35. The fourth-order valence-electron chi connectivity index (χ4n) is 2.98. The molecule has 2 nitrogen and oxygen atoms in total. The van der Waals surface area contributed by atoms with Crippen LogP contribution in [0.25, 0.3) is 0 Å². The zero-order chi connectivity index (χ0) is 12.8. The molecule has 0 spiro atoms. The Kier molecular flexibility index (Phi) is 6.50. The maximum Gasteiger partial charge on any atom is 0.0251 e. The Hall–Kier alpha value is -0.0800. The maximum absolute atomic E-state index is 3.76. The van der Waals surface area contributed by atoms with Crippen LogP contribution < -0.4 is 5.32 Å². The largest absolute Gasteiger partial charge is 0.312 e. The van der Waals surface area contributed by atoms with E-state index in [4.69, 9.17) is 0 Å². The molecule has 0 amide bonds. The van der Waals surface area contributed by atoms with Crippen molar-refractivity contribution in [3.05, 3.63) is 0 Å². The highest BCUT2D eigenvalue weighted by atomic mass is 15.2. The Morgan fingerprint density at radius 2 is 2.00 bits per heavy atom. The SMILES string of the molecule is CCCNC1CCC(C)CC1N(C)C(C)CC. The summed E-state index contributed by atoms with van der Waals surface area (Å²) < 4.78 is 0. The van der Waals surface area contributed by atoms with Gasteiger partial charge in [-0.15, -0.1) is 0 Å². The first-order chi connectivity index (χ1) is 8.10. The Bertz CT molecular complexity index is 203. The highest BCUT2D eigenvalue weighted by molar-refractivity contribution is 4.90. The van der Waals surface area contributed by atoms with Crippen LogP contribution in [0.15, 0.2) is 0 Å². The van der Waals surface area contributed by atoms with Crippen LogP contribution in [0, 0.1) is 5.92 Å². The second-order valence-corrected chi connectivity index (χ2v) is 5.97. The van der Waals surface area contributed by atoms with E-state index in [1.165, 1.54) is 38.6 Å². The molecule has 1 rings (SSSR count). The molecule has 0 aromatic carbocycles. The lowest BCUT2D eigenvalue weighted by atomic mass is 9.82. The van der Waals surface area contributed by atoms with Gasteiger partial charge in [-0.3, -0.25) is 4.90 Å². The van der Waals surface area contributed by atoms with E-state index in [0.717, 1.165) is 12.0 Å². The molecule has 4 unspecified atom stereocenters. The van der Waals surface area contributed by atoms with E-state index in [9.17, 15) is 0 Å². The van der Waals surface area contributed by atoms with Crippen molar-refractivity contribution in [1.82, 2.24) is 10.2 Å². The molecule has 102 valence electrons. The predicted molar refractivity (Wildman–Crippen MR) is 76.4 cm³/mol. The molecule has 1 saturated carbocycles. The van der Waals surface area contributed by atoms with Gasteiger partial charge in [-0.25, -0.2) is 0 Å². The second-order valence-electron chi connectivity index (χ2n) is 5.97. The van der Waals surface area contributed by atoms with Gasteiger partial charge in [0, 0.05) is 18.1 Å². The van der Waals surface area contributed by atoms with Crippen LogP contribution in [-0.2, 0) is 0 Å². The summed E-state index contributed by atoms with van der Waals surface area (Å²) in [4.78, 5) is 2.61. The molecular weight excluding hydrogens is 208 g/mol. The lowest BCUT2D eigenvalue weighted by molar-refractivity contribution is 0.0920. The fourth-order valence-corrected chi connectivity index (χ4v) is 2.98. The Morgan fingerprint density at radius 1 is 1.29 bits per heavy atom. The van der Waals surface area contributed by atoms with Gasteiger partial charge in [0.25, 0.3) is 0 Å². The molecule has 1 aliphatic rings. The van der Waals surface area contributed by atoms with Crippen molar-refractivity contribution in [2.75, 3.05) is 13.6 Å². The first-order valence-electron chi connectivity index (χ1n) is 7.55. The standard InChI is InChI=1S/C15H32N2/c1-6-10-16-14-9-8-12(3)11-15(14)17(5)13(4)7-2/h12-16H,6-11H2,1-5H3. The molecule has 1 fully saturated rings. The summed E-state index contributed by atoms with van der Waals surface area (Å²) in [6, 6.07) is 2.15. The number of hydrogen-bond donors (Lipinski definition) is 1. The van der Waals surface area contributed by atoms with Gasteiger partial charge in [-0.2, -0.15) is 0 Å². The van der Waals surface area contributed by atoms with Crippen molar-refractivity contribution in [1.29, 1.82) is 0 Å². The third-order valence-corrected chi connectivity index (χ3v) is 4.54. The van der Waals surface area contributed by atoms with Crippen LogP contribution in [0.5, 0.6) is 0 Å². The molecule has 1 N–H and O–H groups in total. The first kappa shape index (κ1) is 15.0. The monoisotopic (exact) mass is 240 g/mol. The molecule has 0 bridgehead atoms. The molecule has 0 aromatic rings. The van der Waals surface area contributed by atoms with Gasteiger partial charge >= 0.3 is 0 Å². The third kappa shape index (κ3) is 4.26. The number of likely N-dealkylation sites (N-methyl/N-ethyl adjacent to an activating group) is 1. The van der Waals surface area contributed by atoms with Crippen molar-refractivity contribution >= 4 is 0 Å². The van der Waals surface area contributed by atoms with Crippen molar-refractivity contribution in [3.8, 4) is 0 Å². The molecule has 17 heavy (non-hydrogen) atoms. The zero-order valence-corrected chi connectivity index (χ0v) is 12.5. The molecule has 2 heteroatoms. The smallest absolute Gasteiger partial charge is 0.0251 e. The van der Waals surface area contributed by atoms with Gasteiger partial charge in [0.05, 0.1) is 0 Å². The van der Waals surface area contributed by atoms with E-state index in [-0.39, 0.29) is 0 Å². The van der Waals surface area contributed by atoms with Crippen molar-refractivity contribution < 1.29 is 0 Å². The molecule has 0 heterocycles. The summed E-state index contributed by atoms with van der Waals surface area (Å²) in [5.41, 5.74) is 0. The minimum absolute atomic E-state index is 0.705. The molecule has 0 radical (unpaired) electrons. The fraction of sp³-hybridized carbons (Fsp3) is 1.00. The molecule has 0 aliphatic heterocycles. The third-order valence-electron chi connectivity index (χ3n) is 4.54. The lowest BCUT2D eigenvalue weighted by Gasteiger charge is -2.43. The van der Waals surface area contributed by atoms with E-state index in [0.29, 0.717) is 12.1 Å². The molecule has 0 aromatic heterocycles. The molecule has 4 atom stereocenters. The minimum Gasteiger partial charge on any atom is -0.312 e. The summed E-state index contributed by atoms with van der Waals surface area (Å²) in [6.45, 7) is 10.5. The van der Waals surface area contributed by atoms with E-state index in [1.807, 2.05) is 0 Å². The van der Waals surface area contributed by atoms with Crippen molar-refractivity contribution in [2.45, 2.75) is 77.9 Å². The summed E-state index contributed by atoms with van der Waals surface area (Å²) >= 11 is 0. The Labute approximate surface area is 108 Å². The summed E-state index contributed by atoms with van der Waals surface area (Å²) in [5.74, 6) is 0.895. The molecule has 0 saturated heterocycles. The summed E-state index contributed by atoms with van der Waals surface area (Å²) in [6.07, 6.45) is 6.61. The first-order valence-corrected chi connectivity index (χ1v) is 7.55. The highest BCUT2D eigenvalue weighted by Gasteiger charge is 2.32. The van der Waals surface area contributed by atoms with Gasteiger partial charge < -0.3 is 5.32 Å². The average molecular weight is 240 g/mol. The van der Waals surface area contributed by atoms with Gasteiger partial charge in [0.15, 0.2) is 0 Å². The van der Waals surface area contributed by atoms with E-state index in [2.05, 4.69) is 45.0 Å². The second kappa shape index (κ2) is 7.38. The topological polar surface area (TPSA) is 15.3 Å². The molecular formula is C15H32N2. The number of hydrogen-bond acceptors (Lipinski definition) is 2. The Balaban J connectivity index is 2.60. The van der Waals surface area contributed by atoms with E-state index in [1.54, 1.807) is 0 Å². The minimum atomic E-state index is 0.705. The van der Waals surface area contributed by atoms with Crippen LogP contribution in [0.3, 0.4) is 0 Å². The maximum atomic E-state index is 3.76. The lowest BCUT2D eigenvalue weighted by Crippen LogP contribution is -2.54. The van der Waals surface area contributed by atoms with Crippen LogP contribution in [-0.4, -0.2) is 36.6 Å². The highest BCUT2D eigenvalue weighted by Crippen LogP contribution is 2.28. The van der Waals surface area contributed by atoms with E-state index < -0.39 is 0 Å². The zero-order valence-electron chi connectivity index (χ0n) is 12.5.